The van der Waals surface area contributed by atoms with Gasteiger partial charge in [-0.05, 0) is 61.3 Å². The average Bonchev–Trinajstić information content (AvgIpc) is 2.77. The summed E-state index contributed by atoms with van der Waals surface area (Å²) in [6, 6.07) is 21.4. The molecule has 1 atom stereocenters. The van der Waals surface area contributed by atoms with Crippen molar-refractivity contribution < 1.29 is 9.53 Å². The second-order valence-corrected chi connectivity index (χ2v) is 7.27. The van der Waals surface area contributed by atoms with Gasteiger partial charge in [0.15, 0.2) is 0 Å². The minimum atomic E-state index is -0.102. The van der Waals surface area contributed by atoms with Crippen molar-refractivity contribution in [3.8, 4) is 11.5 Å². The van der Waals surface area contributed by atoms with E-state index in [1.54, 1.807) is 12.4 Å². The number of hydrogen-bond donors (Lipinski definition) is 1. The van der Waals surface area contributed by atoms with Crippen LogP contribution in [0.4, 0.5) is 5.69 Å². The van der Waals surface area contributed by atoms with Crippen LogP contribution in [0.5, 0.6) is 11.5 Å². The Morgan fingerprint density at radius 1 is 1.00 bits per heavy atom. The van der Waals surface area contributed by atoms with Crippen molar-refractivity contribution in [2.75, 3.05) is 11.9 Å². The Bertz CT molecular complexity index is 914. The lowest BCUT2D eigenvalue weighted by Gasteiger charge is -2.34. The lowest BCUT2D eigenvalue weighted by Crippen LogP contribution is -2.46. The third-order valence-corrected chi connectivity index (χ3v) is 5.14. The minimum absolute atomic E-state index is 0.0570. The van der Waals surface area contributed by atoms with Gasteiger partial charge in [0, 0.05) is 18.4 Å². The van der Waals surface area contributed by atoms with E-state index in [0.717, 1.165) is 38.0 Å². The van der Waals surface area contributed by atoms with Gasteiger partial charge < -0.3 is 10.1 Å². The molecule has 4 rings (SSSR count). The van der Waals surface area contributed by atoms with Gasteiger partial charge in [-0.3, -0.25) is 14.7 Å². The predicted octanol–water partition coefficient (Wildman–Crippen LogP) is 4.87. The summed E-state index contributed by atoms with van der Waals surface area (Å²) in [4.78, 5) is 19.3. The molecule has 5 heteroatoms. The number of piperidine rings is 1. The molecule has 2 aromatic carbocycles. The van der Waals surface area contributed by atoms with Crippen molar-refractivity contribution in [2.45, 2.75) is 31.8 Å². The van der Waals surface area contributed by atoms with Gasteiger partial charge in [0.25, 0.3) is 0 Å². The van der Waals surface area contributed by atoms with Crippen LogP contribution < -0.4 is 10.1 Å². The number of ether oxygens (including phenoxy) is 1. The fraction of sp³-hybridized carbons (Fsp3) is 0.250. The monoisotopic (exact) mass is 387 g/mol. The average molecular weight is 387 g/mol. The standard InChI is InChI=1S/C24H25N3O2/c28-24(23-10-4-5-16-27(23)18-19-7-2-1-3-8-19)26-20-11-13-21(14-12-20)29-22-9-6-15-25-17-22/h1-3,6-9,11-15,17,23H,4-5,10,16,18H2,(H,26,28). The number of pyridine rings is 1. The molecule has 1 aliphatic rings. The van der Waals surface area contributed by atoms with Crippen molar-refractivity contribution in [1.29, 1.82) is 0 Å². The number of carbonyl (C=O) groups excluding carboxylic acids is 1. The van der Waals surface area contributed by atoms with E-state index < -0.39 is 0 Å². The van der Waals surface area contributed by atoms with Crippen LogP contribution in [-0.4, -0.2) is 28.4 Å². The van der Waals surface area contributed by atoms with Gasteiger partial charge in [-0.2, -0.15) is 0 Å². The molecule has 1 saturated heterocycles. The molecule has 0 bridgehead atoms. The summed E-state index contributed by atoms with van der Waals surface area (Å²) in [7, 11) is 0. The van der Waals surface area contributed by atoms with Crippen molar-refractivity contribution in [3.05, 3.63) is 84.7 Å². The van der Waals surface area contributed by atoms with Crippen LogP contribution in [0.2, 0.25) is 0 Å². The summed E-state index contributed by atoms with van der Waals surface area (Å²) in [6.07, 6.45) is 6.48. The highest BCUT2D eigenvalue weighted by atomic mass is 16.5. The first kappa shape index (κ1) is 19.2. The Labute approximate surface area is 171 Å². The molecule has 0 spiro atoms. The summed E-state index contributed by atoms with van der Waals surface area (Å²) in [5.41, 5.74) is 2.02. The van der Waals surface area contributed by atoms with Gasteiger partial charge in [0.05, 0.1) is 12.2 Å². The normalized spacial score (nSPS) is 16.9. The molecule has 1 aromatic heterocycles. The van der Waals surface area contributed by atoms with E-state index in [0.29, 0.717) is 11.5 Å². The first-order chi connectivity index (χ1) is 14.3. The molecule has 1 unspecified atom stereocenters. The quantitative estimate of drug-likeness (QED) is 0.656. The van der Waals surface area contributed by atoms with Gasteiger partial charge in [0.2, 0.25) is 5.91 Å². The van der Waals surface area contributed by atoms with E-state index in [9.17, 15) is 4.79 Å². The molecule has 0 saturated carbocycles. The first-order valence-corrected chi connectivity index (χ1v) is 10.0. The second-order valence-electron chi connectivity index (χ2n) is 7.27. The number of aromatic nitrogens is 1. The molecule has 1 N–H and O–H groups in total. The lowest BCUT2D eigenvalue weighted by molar-refractivity contribution is -0.122. The van der Waals surface area contributed by atoms with Crippen molar-refractivity contribution >= 4 is 11.6 Å². The number of hydrogen-bond acceptors (Lipinski definition) is 4. The highest BCUT2D eigenvalue weighted by Gasteiger charge is 2.28. The van der Waals surface area contributed by atoms with Gasteiger partial charge in [-0.15, -0.1) is 0 Å². The largest absolute Gasteiger partial charge is 0.456 e. The Balaban J connectivity index is 1.38. The number of anilines is 1. The molecule has 0 aliphatic carbocycles. The van der Waals surface area contributed by atoms with Crippen molar-refractivity contribution in [1.82, 2.24) is 9.88 Å². The zero-order valence-electron chi connectivity index (χ0n) is 16.3. The molecule has 1 fully saturated rings. The highest BCUT2D eigenvalue weighted by Crippen LogP contribution is 2.24. The molecule has 1 aliphatic heterocycles. The zero-order chi connectivity index (χ0) is 19.9. The third kappa shape index (κ3) is 5.21. The van der Waals surface area contributed by atoms with Crippen LogP contribution in [0.1, 0.15) is 24.8 Å². The maximum atomic E-state index is 13.0. The van der Waals surface area contributed by atoms with Gasteiger partial charge >= 0.3 is 0 Å². The van der Waals surface area contributed by atoms with E-state index in [1.807, 2.05) is 54.6 Å². The van der Waals surface area contributed by atoms with Gasteiger partial charge in [-0.1, -0.05) is 36.8 Å². The topological polar surface area (TPSA) is 54.5 Å². The summed E-state index contributed by atoms with van der Waals surface area (Å²) in [5.74, 6) is 1.45. The Hall–Kier alpha value is -3.18. The molecule has 1 amide bonds. The number of likely N-dealkylation sites (tertiary alicyclic amines) is 1. The molecule has 29 heavy (non-hydrogen) atoms. The highest BCUT2D eigenvalue weighted by molar-refractivity contribution is 5.94. The maximum absolute atomic E-state index is 13.0. The van der Waals surface area contributed by atoms with E-state index >= 15 is 0 Å². The molecule has 5 nitrogen and oxygen atoms in total. The SMILES string of the molecule is O=C(Nc1ccc(Oc2cccnc2)cc1)C1CCCCN1Cc1ccccc1. The van der Waals surface area contributed by atoms with Crippen LogP contribution in [0.25, 0.3) is 0 Å². The van der Waals surface area contributed by atoms with E-state index in [1.165, 1.54) is 5.56 Å². The van der Waals surface area contributed by atoms with Gasteiger partial charge in [0.1, 0.15) is 11.5 Å². The second kappa shape index (κ2) is 9.34. The zero-order valence-corrected chi connectivity index (χ0v) is 16.3. The van der Waals surface area contributed by atoms with Crippen molar-refractivity contribution in [3.63, 3.8) is 0 Å². The molecular weight excluding hydrogens is 362 g/mol. The summed E-state index contributed by atoms with van der Waals surface area (Å²) in [5, 5.41) is 3.07. The number of benzene rings is 2. The predicted molar refractivity (Wildman–Crippen MR) is 114 cm³/mol. The maximum Gasteiger partial charge on any atom is 0.241 e. The number of carbonyl (C=O) groups is 1. The lowest BCUT2D eigenvalue weighted by atomic mass is 10.00. The van der Waals surface area contributed by atoms with Crippen LogP contribution in [0.15, 0.2) is 79.1 Å². The molecular formula is C24H25N3O2. The molecule has 2 heterocycles. The molecule has 0 radical (unpaired) electrons. The summed E-state index contributed by atoms with van der Waals surface area (Å²) < 4.78 is 5.75. The van der Waals surface area contributed by atoms with Crippen LogP contribution in [0.3, 0.4) is 0 Å². The minimum Gasteiger partial charge on any atom is -0.456 e. The van der Waals surface area contributed by atoms with Crippen LogP contribution in [0, 0.1) is 0 Å². The third-order valence-electron chi connectivity index (χ3n) is 5.14. The number of nitrogens with zero attached hydrogens (tertiary/aromatic N) is 2. The van der Waals surface area contributed by atoms with Crippen LogP contribution >= 0.6 is 0 Å². The Morgan fingerprint density at radius 3 is 2.59 bits per heavy atom. The van der Waals surface area contributed by atoms with E-state index in [2.05, 4.69) is 27.3 Å². The summed E-state index contributed by atoms with van der Waals surface area (Å²) in [6.45, 7) is 1.75. The Morgan fingerprint density at radius 2 is 1.83 bits per heavy atom. The first-order valence-electron chi connectivity index (χ1n) is 10.0. The van der Waals surface area contributed by atoms with Crippen molar-refractivity contribution in [2.24, 2.45) is 0 Å². The molecule has 3 aromatic rings. The van der Waals surface area contributed by atoms with E-state index in [-0.39, 0.29) is 11.9 Å². The number of nitrogens with one attached hydrogen (secondary N) is 1. The number of rotatable bonds is 6. The molecule has 148 valence electrons. The number of amides is 1. The smallest absolute Gasteiger partial charge is 0.241 e. The van der Waals surface area contributed by atoms with Crippen LogP contribution in [-0.2, 0) is 11.3 Å². The van der Waals surface area contributed by atoms with Gasteiger partial charge in [-0.25, -0.2) is 0 Å². The van der Waals surface area contributed by atoms with E-state index in [4.69, 9.17) is 4.74 Å². The fourth-order valence-electron chi connectivity index (χ4n) is 3.67. The Kier molecular flexibility index (Phi) is 6.17. The summed E-state index contributed by atoms with van der Waals surface area (Å²) >= 11 is 0. The fourth-order valence-corrected chi connectivity index (χ4v) is 3.67.